The number of hydrogen-bond acceptors (Lipinski definition) is 3. The number of rotatable bonds is 4. The predicted octanol–water partition coefficient (Wildman–Crippen LogP) is 1.92. The molecule has 0 aliphatic carbocycles. The van der Waals surface area contributed by atoms with Gasteiger partial charge in [-0.05, 0) is 37.1 Å². The fourth-order valence-corrected chi connectivity index (χ4v) is 2.42. The molecule has 0 aromatic heterocycles. The van der Waals surface area contributed by atoms with Crippen molar-refractivity contribution in [1.29, 1.82) is 0 Å². The van der Waals surface area contributed by atoms with Crippen LogP contribution >= 0.6 is 0 Å². The number of carboxylic acid groups (broad SMARTS) is 1. The zero-order valence-electron chi connectivity index (χ0n) is 9.93. The fourth-order valence-electron chi connectivity index (χ4n) is 2.42. The Hall–Kier alpha value is -1.55. The Morgan fingerprint density at radius 3 is 3.12 bits per heavy atom. The molecule has 17 heavy (non-hydrogen) atoms. The third kappa shape index (κ3) is 2.77. The third-order valence-electron chi connectivity index (χ3n) is 3.18. The van der Waals surface area contributed by atoms with E-state index in [0.717, 1.165) is 30.7 Å². The molecule has 1 aromatic rings. The van der Waals surface area contributed by atoms with E-state index in [4.69, 9.17) is 9.84 Å². The lowest BCUT2D eigenvalue weighted by molar-refractivity contribution is -0.138. The maximum Gasteiger partial charge on any atom is 0.317 e. The number of ether oxygens (including phenoxy) is 1. The lowest BCUT2D eigenvalue weighted by Crippen LogP contribution is -2.29. The van der Waals surface area contributed by atoms with E-state index in [1.807, 2.05) is 29.2 Å². The van der Waals surface area contributed by atoms with Gasteiger partial charge in [0, 0.05) is 6.04 Å². The molecule has 1 saturated heterocycles. The molecule has 0 bridgehead atoms. The maximum atomic E-state index is 10.8. The summed E-state index contributed by atoms with van der Waals surface area (Å²) in [5.74, 6) is 0.0597. The summed E-state index contributed by atoms with van der Waals surface area (Å²) in [5.41, 5.74) is 1.14. The highest BCUT2D eigenvalue weighted by Crippen LogP contribution is 2.32. The quantitative estimate of drug-likeness (QED) is 0.866. The van der Waals surface area contributed by atoms with Crippen LogP contribution in [0.4, 0.5) is 0 Å². The van der Waals surface area contributed by atoms with Crippen LogP contribution in [0, 0.1) is 0 Å². The Labute approximate surface area is 101 Å². The molecule has 0 saturated carbocycles. The molecule has 1 atom stereocenters. The first kappa shape index (κ1) is 11.9. The van der Waals surface area contributed by atoms with Gasteiger partial charge in [-0.3, -0.25) is 9.69 Å². The molecular formula is C13H17NO3. The second-order valence-electron chi connectivity index (χ2n) is 4.30. The Bertz CT molecular complexity index is 405. The van der Waals surface area contributed by atoms with E-state index >= 15 is 0 Å². The number of nitrogens with zero attached hydrogens (tertiary/aromatic N) is 1. The second kappa shape index (κ2) is 5.19. The van der Waals surface area contributed by atoms with Gasteiger partial charge < -0.3 is 9.84 Å². The molecule has 1 aromatic carbocycles. The van der Waals surface area contributed by atoms with Crippen LogP contribution in [0.5, 0.6) is 5.75 Å². The van der Waals surface area contributed by atoms with E-state index in [-0.39, 0.29) is 12.6 Å². The smallest absolute Gasteiger partial charge is 0.317 e. The van der Waals surface area contributed by atoms with E-state index in [2.05, 4.69) is 0 Å². The number of methoxy groups -OCH3 is 1. The molecular weight excluding hydrogens is 218 g/mol. The summed E-state index contributed by atoms with van der Waals surface area (Å²) in [6, 6.07) is 8.09. The van der Waals surface area contributed by atoms with Crippen LogP contribution in [0.2, 0.25) is 0 Å². The van der Waals surface area contributed by atoms with Gasteiger partial charge in [-0.15, -0.1) is 0 Å². The van der Waals surface area contributed by atoms with E-state index in [9.17, 15) is 4.79 Å². The largest absolute Gasteiger partial charge is 0.497 e. The first-order chi connectivity index (χ1) is 8.20. The summed E-state index contributed by atoms with van der Waals surface area (Å²) in [6.45, 7) is 0.968. The molecule has 0 unspecified atom stereocenters. The van der Waals surface area contributed by atoms with Gasteiger partial charge in [0.1, 0.15) is 5.75 Å². The van der Waals surface area contributed by atoms with Crippen LogP contribution < -0.4 is 4.74 Å². The average Bonchev–Trinajstić information content (AvgIpc) is 2.76. The number of carbonyl (C=O) groups is 1. The zero-order chi connectivity index (χ0) is 12.3. The van der Waals surface area contributed by atoms with Crippen molar-refractivity contribution in [2.24, 2.45) is 0 Å². The minimum absolute atomic E-state index is 0.113. The molecule has 2 rings (SSSR count). The van der Waals surface area contributed by atoms with E-state index in [1.165, 1.54) is 0 Å². The van der Waals surface area contributed by atoms with E-state index < -0.39 is 5.97 Å². The topological polar surface area (TPSA) is 49.8 Å². The van der Waals surface area contributed by atoms with Crippen LogP contribution in [0.3, 0.4) is 0 Å². The van der Waals surface area contributed by atoms with Crippen molar-refractivity contribution in [2.75, 3.05) is 20.2 Å². The molecule has 0 spiro atoms. The molecule has 4 nitrogen and oxygen atoms in total. The summed E-state index contributed by atoms with van der Waals surface area (Å²) in [5, 5.41) is 8.87. The van der Waals surface area contributed by atoms with Gasteiger partial charge in [0.2, 0.25) is 0 Å². The summed E-state index contributed by atoms with van der Waals surface area (Å²) in [6.07, 6.45) is 2.07. The van der Waals surface area contributed by atoms with Crippen molar-refractivity contribution >= 4 is 5.97 Å². The van der Waals surface area contributed by atoms with Crippen LogP contribution in [-0.2, 0) is 4.79 Å². The molecule has 1 fully saturated rings. The molecule has 0 amide bonds. The highest BCUT2D eigenvalue weighted by Gasteiger charge is 2.27. The number of benzene rings is 1. The molecule has 4 heteroatoms. The van der Waals surface area contributed by atoms with Crippen LogP contribution in [0.15, 0.2) is 24.3 Å². The van der Waals surface area contributed by atoms with Crippen molar-refractivity contribution in [3.8, 4) is 5.75 Å². The molecule has 1 aliphatic rings. The Kier molecular flexibility index (Phi) is 3.64. The highest BCUT2D eigenvalue weighted by atomic mass is 16.5. The standard InChI is InChI=1S/C13H17NO3/c1-17-11-5-2-4-10(8-11)12-6-3-7-14(12)9-13(15)16/h2,4-5,8,12H,3,6-7,9H2,1H3,(H,15,16)/t12-/m0/s1. The molecule has 1 aliphatic heterocycles. The highest BCUT2D eigenvalue weighted by molar-refractivity contribution is 5.69. The number of aliphatic carboxylic acids is 1. The van der Waals surface area contributed by atoms with Crippen molar-refractivity contribution in [3.63, 3.8) is 0 Å². The van der Waals surface area contributed by atoms with Crippen molar-refractivity contribution in [1.82, 2.24) is 4.90 Å². The lowest BCUT2D eigenvalue weighted by atomic mass is 10.0. The summed E-state index contributed by atoms with van der Waals surface area (Å²) >= 11 is 0. The Morgan fingerprint density at radius 1 is 1.59 bits per heavy atom. The monoisotopic (exact) mass is 235 g/mol. The van der Waals surface area contributed by atoms with Crippen LogP contribution in [0.1, 0.15) is 24.4 Å². The van der Waals surface area contributed by atoms with E-state index in [1.54, 1.807) is 7.11 Å². The van der Waals surface area contributed by atoms with Gasteiger partial charge in [0.15, 0.2) is 0 Å². The maximum absolute atomic E-state index is 10.8. The predicted molar refractivity (Wildman–Crippen MR) is 64.2 cm³/mol. The second-order valence-corrected chi connectivity index (χ2v) is 4.30. The van der Waals surface area contributed by atoms with Gasteiger partial charge in [-0.1, -0.05) is 12.1 Å². The van der Waals surface area contributed by atoms with Crippen LogP contribution in [-0.4, -0.2) is 36.2 Å². The molecule has 1 N–H and O–H groups in total. The van der Waals surface area contributed by atoms with Gasteiger partial charge in [-0.2, -0.15) is 0 Å². The van der Waals surface area contributed by atoms with Crippen molar-refractivity contribution in [3.05, 3.63) is 29.8 Å². The molecule has 1 heterocycles. The molecule has 92 valence electrons. The van der Waals surface area contributed by atoms with Crippen molar-refractivity contribution in [2.45, 2.75) is 18.9 Å². The summed E-state index contributed by atoms with van der Waals surface area (Å²) < 4.78 is 5.20. The minimum atomic E-state index is -0.764. The van der Waals surface area contributed by atoms with Gasteiger partial charge in [0.25, 0.3) is 0 Å². The number of hydrogen-bond donors (Lipinski definition) is 1. The SMILES string of the molecule is COc1cccc([C@@H]2CCCN2CC(=O)O)c1. The Morgan fingerprint density at radius 2 is 2.41 bits per heavy atom. The Balaban J connectivity index is 2.16. The van der Waals surface area contributed by atoms with Gasteiger partial charge in [-0.25, -0.2) is 0 Å². The first-order valence-electron chi connectivity index (χ1n) is 5.80. The zero-order valence-corrected chi connectivity index (χ0v) is 9.93. The lowest BCUT2D eigenvalue weighted by Gasteiger charge is -2.23. The van der Waals surface area contributed by atoms with Gasteiger partial charge in [0.05, 0.1) is 13.7 Å². The van der Waals surface area contributed by atoms with E-state index in [0.29, 0.717) is 0 Å². The fraction of sp³-hybridized carbons (Fsp3) is 0.462. The van der Waals surface area contributed by atoms with Crippen LogP contribution in [0.25, 0.3) is 0 Å². The number of carboxylic acids is 1. The molecule has 0 radical (unpaired) electrons. The normalized spacial score (nSPS) is 20.4. The first-order valence-corrected chi connectivity index (χ1v) is 5.80. The summed E-state index contributed by atoms with van der Waals surface area (Å²) in [4.78, 5) is 12.8. The minimum Gasteiger partial charge on any atom is -0.497 e. The summed E-state index contributed by atoms with van der Waals surface area (Å²) in [7, 11) is 1.64. The third-order valence-corrected chi connectivity index (χ3v) is 3.18. The number of likely N-dealkylation sites (tertiary alicyclic amines) is 1. The van der Waals surface area contributed by atoms with Gasteiger partial charge >= 0.3 is 5.97 Å². The van der Waals surface area contributed by atoms with Crippen molar-refractivity contribution < 1.29 is 14.6 Å². The average molecular weight is 235 g/mol.